The molecule has 3 aliphatic heterocycles. The molecule has 3 heterocycles. The Kier molecular flexibility index (Phi) is 10.5. The molecular formula is C37H45N3O7. The molecule has 250 valence electrons. The Bertz CT molecular complexity index is 1500. The second-order valence-corrected chi connectivity index (χ2v) is 12.6. The topological polar surface area (TPSA) is 101 Å². The third kappa shape index (κ3) is 7.49. The number of rotatable bonds is 11. The third-order valence-electron chi connectivity index (χ3n) is 9.75. The van der Waals surface area contributed by atoms with Crippen molar-refractivity contribution < 1.29 is 33.6 Å². The number of hydrogen-bond acceptors (Lipinski definition) is 7. The van der Waals surface area contributed by atoms with E-state index in [1.807, 2.05) is 59.5 Å². The van der Waals surface area contributed by atoms with Crippen LogP contribution in [0.3, 0.4) is 0 Å². The Morgan fingerprint density at radius 1 is 0.957 bits per heavy atom. The van der Waals surface area contributed by atoms with Crippen LogP contribution >= 0.6 is 0 Å². The first-order valence-electron chi connectivity index (χ1n) is 16.5. The first-order chi connectivity index (χ1) is 22.9. The second-order valence-electron chi connectivity index (χ2n) is 12.6. The maximum Gasteiger partial charge on any atom is 0.408 e. The monoisotopic (exact) mass is 643 g/mol. The molecule has 0 aliphatic carbocycles. The van der Waals surface area contributed by atoms with Crippen LogP contribution < -0.4 is 14.4 Å². The number of hydrogen-bond donors (Lipinski definition) is 1. The molecule has 3 aromatic carbocycles. The summed E-state index contributed by atoms with van der Waals surface area (Å²) in [5, 5.41) is 10.4. The molecular weight excluding hydrogens is 598 g/mol. The van der Waals surface area contributed by atoms with Gasteiger partial charge in [-0.2, -0.15) is 0 Å². The number of anilines is 1. The van der Waals surface area contributed by atoms with Crippen LogP contribution in [-0.2, 0) is 20.9 Å². The largest absolute Gasteiger partial charge is 0.497 e. The first kappa shape index (κ1) is 32.7. The molecule has 0 spiro atoms. The van der Waals surface area contributed by atoms with E-state index in [9.17, 15) is 14.7 Å². The van der Waals surface area contributed by atoms with Gasteiger partial charge in [-0.3, -0.25) is 9.69 Å². The van der Waals surface area contributed by atoms with E-state index >= 15 is 0 Å². The van der Waals surface area contributed by atoms with Gasteiger partial charge in [0.2, 0.25) is 5.91 Å². The van der Waals surface area contributed by atoms with Crippen LogP contribution in [0.15, 0.2) is 72.8 Å². The smallest absolute Gasteiger partial charge is 0.408 e. The van der Waals surface area contributed by atoms with Crippen molar-refractivity contribution >= 4 is 17.7 Å². The molecule has 0 bridgehead atoms. The Balaban J connectivity index is 1.21. The molecule has 3 aromatic rings. The molecule has 2 saturated heterocycles. The van der Waals surface area contributed by atoms with Crippen molar-refractivity contribution in [3.63, 3.8) is 0 Å². The van der Waals surface area contributed by atoms with Gasteiger partial charge < -0.3 is 33.9 Å². The van der Waals surface area contributed by atoms with Crippen LogP contribution in [0.25, 0.3) is 0 Å². The van der Waals surface area contributed by atoms with Crippen LogP contribution in [0, 0.1) is 0 Å². The number of benzene rings is 3. The summed E-state index contributed by atoms with van der Waals surface area (Å²) in [5.41, 5.74) is 4.20. The average molecular weight is 644 g/mol. The van der Waals surface area contributed by atoms with Gasteiger partial charge in [0, 0.05) is 45.2 Å². The first-order valence-corrected chi connectivity index (χ1v) is 16.5. The minimum Gasteiger partial charge on any atom is -0.497 e. The normalized spacial score (nSPS) is 22.5. The summed E-state index contributed by atoms with van der Waals surface area (Å²) in [6, 6.07) is 23.3. The van der Waals surface area contributed by atoms with Gasteiger partial charge in [0.25, 0.3) is 0 Å². The highest BCUT2D eigenvalue weighted by atomic mass is 16.5. The van der Waals surface area contributed by atoms with Gasteiger partial charge in [-0.25, -0.2) is 4.79 Å². The van der Waals surface area contributed by atoms with Gasteiger partial charge in [-0.15, -0.1) is 0 Å². The lowest BCUT2D eigenvalue weighted by Crippen LogP contribution is -2.57. The molecule has 2 amide bonds. The maximum absolute atomic E-state index is 14.1. The van der Waals surface area contributed by atoms with Crippen molar-refractivity contribution in [2.24, 2.45) is 0 Å². The zero-order valence-corrected chi connectivity index (χ0v) is 27.3. The van der Waals surface area contributed by atoms with E-state index < -0.39 is 18.2 Å². The molecule has 47 heavy (non-hydrogen) atoms. The van der Waals surface area contributed by atoms with Crippen molar-refractivity contribution in [1.82, 2.24) is 9.80 Å². The number of fused-ring (bicyclic) bond motifs is 1. The van der Waals surface area contributed by atoms with Crippen LogP contribution in [-0.4, -0.2) is 99.2 Å². The Labute approximate surface area is 276 Å². The highest BCUT2D eigenvalue weighted by molar-refractivity contribution is 5.86. The van der Waals surface area contributed by atoms with Crippen LogP contribution in [0.2, 0.25) is 0 Å². The van der Waals surface area contributed by atoms with Crippen molar-refractivity contribution in [2.45, 2.75) is 49.9 Å². The Hall–Kier alpha value is -4.28. The maximum atomic E-state index is 14.1. The minimum absolute atomic E-state index is 0.0928. The van der Waals surface area contributed by atoms with Crippen molar-refractivity contribution in [1.29, 1.82) is 0 Å². The molecule has 0 saturated carbocycles. The predicted octanol–water partition coefficient (Wildman–Crippen LogP) is 5.37. The van der Waals surface area contributed by atoms with E-state index in [1.54, 1.807) is 14.2 Å². The summed E-state index contributed by atoms with van der Waals surface area (Å²) in [5.74, 6) is 1.50. The number of carbonyl (C=O) groups is 2. The van der Waals surface area contributed by atoms with Gasteiger partial charge >= 0.3 is 6.09 Å². The molecule has 0 aromatic heterocycles. The summed E-state index contributed by atoms with van der Waals surface area (Å²) < 4.78 is 23.2. The lowest BCUT2D eigenvalue weighted by molar-refractivity contribution is -0.139. The fourth-order valence-corrected chi connectivity index (χ4v) is 7.20. The van der Waals surface area contributed by atoms with Crippen molar-refractivity contribution in [3.05, 3.63) is 89.5 Å². The zero-order valence-electron chi connectivity index (χ0n) is 27.3. The van der Waals surface area contributed by atoms with Crippen LogP contribution in [0.1, 0.15) is 47.8 Å². The van der Waals surface area contributed by atoms with E-state index in [2.05, 4.69) is 23.1 Å². The van der Waals surface area contributed by atoms with Gasteiger partial charge in [0.05, 0.1) is 38.6 Å². The average Bonchev–Trinajstić information content (AvgIpc) is 3.61. The second kappa shape index (κ2) is 15.1. The van der Waals surface area contributed by atoms with Gasteiger partial charge in [0.15, 0.2) is 0 Å². The summed E-state index contributed by atoms with van der Waals surface area (Å²) in [4.78, 5) is 32.2. The molecule has 2 fully saturated rings. The molecule has 1 N–H and O–H groups in total. The fourth-order valence-electron chi connectivity index (χ4n) is 7.20. The van der Waals surface area contributed by atoms with E-state index in [4.69, 9.17) is 18.9 Å². The summed E-state index contributed by atoms with van der Waals surface area (Å²) in [7, 11) is 3.34. The minimum atomic E-state index is -1.11. The quantitative estimate of drug-likeness (QED) is 0.279. The number of ether oxygens (including phenoxy) is 4. The zero-order chi connectivity index (χ0) is 32.8. The fraction of sp³-hybridized carbons (Fsp3) is 0.459. The third-order valence-corrected chi connectivity index (χ3v) is 9.75. The van der Waals surface area contributed by atoms with Gasteiger partial charge in [0.1, 0.15) is 24.1 Å². The van der Waals surface area contributed by atoms with E-state index in [-0.39, 0.29) is 24.3 Å². The number of piperidine rings is 1. The Morgan fingerprint density at radius 2 is 1.77 bits per heavy atom. The number of carbonyl (C=O) groups excluding carboxylic acids is 1. The number of amides is 2. The SMILES string of the molecule is COCCCN1CCOc2ccc(CO[C@H]3CN(C(=O)O)[C@H](C(=O)N4CCC(c5ccccc5)C4)C[C@@H]3c3ccc(OC)cc3)cc21. The summed E-state index contributed by atoms with van der Waals surface area (Å²) >= 11 is 0. The van der Waals surface area contributed by atoms with E-state index in [0.29, 0.717) is 39.3 Å². The Morgan fingerprint density at radius 3 is 2.51 bits per heavy atom. The standard InChI is InChI=1S/C37H45N3O7/c1-44-19-6-16-38-18-20-46-34-14-9-26(21-32(34)38)25-47-35-24-40(37(42)43)33(22-31(35)28-10-12-30(45-2)13-11-28)36(41)39-17-15-29(23-39)27-7-4-3-5-8-27/h3-5,7-14,21,29,31,33,35H,6,15-20,22-25H2,1-2H3,(H,42,43)/t29?,31-,33+,35+/m1/s1. The lowest BCUT2D eigenvalue weighted by atomic mass is 9.82. The summed E-state index contributed by atoms with van der Waals surface area (Å²) in [6.07, 6.45) is 0.543. The molecule has 3 aliphatic rings. The van der Waals surface area contributed by atoms with E-state index in [0.717, 1.165) is 54.2 Å². The molecule has 0 radical (unpaired) electrons. The predicted molar refractivity (Wildman–Crippen MR) is 178 cm³/mol. The number of likely N-dealkylation sites (tertiary alicyclic amines) is 2. The van der Waals surface area contributed by atoms with Crippen molar-refractivity contribution in [3.8, 4) is 11.5 Å². The molecule has 10 heteroatoms. The molecule has 10 nitrogen and oxygen atoms in total. The van der Waals surface area contributed by atoms with Crippen LogP contribution in [0.5, 0.6) is 11.5 Å². The van der Waals surface area contributed by atoms with Gasteiger partial charge in [-0.05, 0) is 60.2 Å². The highest BCUT2D eigenvalue weighted by Crippen LogP contribution is 2.38. The van der Waals surface area contributed by atoms with Crippen molar-refractivity contribution in [2.75, 3.05) is 65.1 Å². The molecule has 1 unspecified atom stereocenters. The highest BCUT2D eigenvalue weighted by Gasteiger charge is 2.45. The van der Waals surface area contributed by atoms with Crippen LogP contribution in [0.4, 0.5) is 10.5 Å². The number of methoxy groups -OCH3 is 2. The number of carboxylic acid groups (broad SMARTS) is 1. The molecule has 4 atom stereocenters. The molecule has 6 rings (SSSR count). The van der Waals surface area contributed by atoms with E-state index in [1.165, 1.54) is 10.5 Å². The summed E-state index contributed by atoms with van der Waals surface area (Å²) in [6.45, 7) is 4.58. The lowest BCUT2D eigenvalue weighted by Gasteiger charge is -2.43. The van der Waals surface area contributed by atoms with Gasteiger partial charge in [-0.1, -0.05) is 48.5 Å². The number of nitrogens with zero attached hydrogens (tertiary/aromatic N) is 3.